The Balaban J connectivity index is 1.96. The zero-order valence-corrected chi connectivity index (χ0v) is 23.1. The van der Waals surface area contributed by atoms with Crippen LogP contribution in [-0.2, 0) is 35.3 Å². The zero-order valence-electron chi connectivity index (χ0n) is 23.1. The molecule has 0 saturated heterocycles. The molecule has 0 saturated carbocycles. The van der Waals surface area contributed by atoms with E-state index in [1.54, 1.807) is 12.1 Å². The van der Waals surface area contributed by atoms with Crippen molar-refractivity contribution in [1.29, 1.82) is 0 Å². The lowest BCUT2D eigenvalue weighted by Crippen LogP contribution is -2.57. The molecule has 0 aliphatic carbocycles. The zero-order chi connectivity index (χ0) is 30.1. The topological polar surface area (TPSA) is 171 Å². The van der Waals surface area contributed by atoms with E-state index in [4.69, 9.17) is 9.84 Å². The van der Waals surface area contributed by atoms with Crippen LogP contribution in [0.1, 0.15) is 56.0 Å². The molecule has 12 heteroatoms. The summed E-state index contributed by atoms with van der Waals surface area (Å²) in [4.78, 5) is 77.3. The van der Waals surface area contributed by atoms with Gasteiger partial charge in [0.25, 0.3) is 5.91 Å². The monoisotopic (exact) mass is 566 g/mol. The molecule has 2 aromatic rings. The third kappa shape index (κ3) is 8.62. The molecular formula is C29H34N4O8. The second kappa shape index (κ2) is 14.1. The highest BCUT2D eigenvalue weighted by atomic mass is 16.5. The number of hydrogen-bond acceptors (Lipinski definition) is 7. The number of carboxylic acid groups (broad SMARTS) is 1. The Labute approximate surface area is 237 Å². The molecule has 0 fully saturated rings. The first-order valence-electron chi connectivity index (χ1n) is 13.2. The molecule has 2 atom stereocenters. The van der Waals surface area contributed by atoms with E-state index in [0.717, 1.165) is 10.5 Å². The van der Waals surface area contributed by atoms with Crippen molar-refractivity contribution in [3.05, 3.63) is 59.7 Å². The summed E-state index contributed by atoms with van der Waals surface area (Å²) in [6.45, 7) is 4.29. The van der Waals surface area contributed by atoms with Crippen LogP contribution in [0.25, 0.3) is 0 Å². The number of aliphatic carboxylic acids is 1. The van der Waals surface area contributed by atoms with Crippen molar-refractivity contribution < 1.29 is 38.6 Å². The van der Waals surface area contributed by atoms with Crippen molar-refractivity contribution in [2.24, 2.45) is 5.92 Å². The van der Waals surface area contributed by atoms with Crippen molar-refractivity contribution in [3.8, 4) is 0 Å². The Morgan fingerprint density at radius 2 is 1.78 bits per heavy atom. The fourth-order valence-corrected chi connectivity index (χ4v) is 4.50. The molecule has 0 aromatic heterocycles. The van der Waals surface area contributed by atoms with Crippen LogP contribution in [0.2, 0.25) is 0 Å². The predicted molar refractivity (Wildman–Crippen MR) is 149 cm³/mol. The summed E-state index contributed by atoms with van der Waals surface area (Å²) in [7, 11) is 0. The molecule has 41 heavy (non-hydrogen) atoms. The van der Waals surface area contributed by atoms with Gasteiger partial charge in [-0.3, -0.25) is 28.8 Å². The Bertz CT molecular complexity index is 1310. The lowest BCUT2D eigenvalue weighted by molar-refractivity contribution is -0.145. The van der Waals surface area contributed by atoms with Gasteiger partial charge in [-0.1, -0.05) is 44.2 Å². The molecule has 4 amide bonds. The minimum Gasteiger partial charge on any atom is -0.480 e. The van der Waals surface area contributed by atoms with Gasteiger partial charge >= 0.3 is 11.9 Å². The number of nitrogens with one attached hydrogen (secondary N) is 3. The first kappa shape index (κ1) is 30.8. The normalized spacial score (nSPS) is 15.3. The quantitative estimate of drug-likeness (QED) is 0.284. The summed E-state index contributed by atoms with van der Waals surface area (Å²) in [6.07, 6.45) is -0.272. The highest BCUT2D eigenvalue weighted by molar-refractivity contribution is 6.12. The van der Waals surface area contributed by atoms with E-state index in [0.29, 0.717) is 5.69 Å². The van der Waals surface area contributed by atoms with E-state index in [1.165, 1.54) is 25.1 Å². The Morgan fingerprint density at radius 3 is 2.41 bits per heavy atom. The number of esters is 1. The van der Waals surface area contributed by atoms with Gasteiger partial charge in [-0.15, -0.1) is 0 Å². The molecule has 2 aromatic carbocycles. The molecule has 0 radical (unpaired) electrons. The highest BCUT2D eigenvalue weighted by Crippen LogP contribution is 2.31. The van der Waals surface area contributed by atoms with Gasteiger partial charge in [0.05, 0.1) is 11.3 Å². The predicted octanol–water partition coefficient (Wildman–Crippen LogP) is 2.55. The number of nitrogens with zero attached hydrogens (tertiary/aromatic N) is 1. The molecule has 4 N–H and O–H groups in total. The number of amides is 4. The molecule has 1 heterocycles. The molecule has 3 rings (SSSR count). The minimum atomic E-state index is -1.27. The van der Waals surface area contributed by atoms with E-state index in [9.17, 15) is 28.8 Å². The van der Waals surface area contributed by atoms with Gasteiger partial charge in [0.15, 0.2) is 0 Å². The number of rotatable bonds is 12. The molecule has 218 valence electrons. The third-order valence-corrected chi connectivity index (χ3v) is 6.31. The first-order valence-corrected chi connectivity index (χ1v) is 13.2. The number of carboxylic acids is 1. The van der Waals surface area contributed by atoms with E-state index in [-0.39, 0.29) is 48.9 Å². The second-order valence-electron chi connectivity index (χ2n) is 10.1. The number of anilines is 2. The van der Waals surface area contributed by atoms with E-state index in [2.05, 4.69) is 16.0 Å². The largest absolute Gasteiger partial charge is 0.480 e. The maximum Gasteiger partial charge on any atom is 0.322 e. The Morgan fingerprint density at radius 1 is 1.07 bits per heavy atom. The molecule has 12 nitrogen and oxygen atoms in total. The summed E-state index contributed by atoms with van der Waals surface area (Å²) < 4.78 is 5.34. The first-order chi connectivity index (χ1) is 19.5. The molecule has 1 aliphatic heterocycles. The van der Waals surface area contributed by atoms with E-state index >= 15 is 0 Å². The summed E-state index contributed by atoms with van der Waals surface area (Å²) in [6, 6.07) is 10.9. The third-order valence-electron chi connectivity index (χ3n) is 6.31. The van der Waals surface area contributed by atoms with Crippen LogP contribution in [0.4, 0.5) is 11.4 Å². The summed E-state index contributed by atoms with van der Waals surface area (Å²) in [5.74, 6) is -4.44. The van der Waals surface area contributed by atoms with Crippen molar-refractivity contribution in [2.45, 2.75) is 58.7 Å². The smallest absolute Gasteiger partial charge is 0.322 e. The molecule has 1 aliphatic rings. The lowest BCUT2D eigenvalue weighted by atomic mass is 9.97. The summed E-state index contributed by atoms with van der Waals surface area (Å²) >= 11 is 0. The van der Waals surface area contributed by atoms with Gasteiger partial charge in [-0.2, -0.15) is 0 Å². The number of hydrogen-bond donors (Lipinski definition) is 4. The van der Waals surface area contributed by atoms with Crippen LogP contribution in [0.15, 0.2) is 48.5 Å². The minimum absolute atomic E-state index is 0.0264. The highest BCUT2D eigenvalue weighted by Gasteiger charge is 2.42. The van der Waals surface area contributed by atoms with Crippen LogP contribution in [0.5, 0.6) is 0 Å². The maximum atomic E-state index is 14.1. The summed E-state index contributed by atoms with van der Waals surface area (Å²) in [5, 5.41) is 16.7. The molecular weight excluding hydrogens is 532 g/mol. The van der Waals surface area contributed by atoms with Crippen LogP contribution >= 0.6 is 0 Å². The number of carbonyl (C=O) groups is 6. The van der Waals surface area contributed by atoms with Crippen molar-refractivity contribution in [1.82, 2.24) is 10.2 Å². The van der Waals surface area contributed by atoms with Gasteiger partial charge in [-0.25, -0.2) is 0 Å². The van der Waals surface area contributed by atoms with Gasteiger partial charge < -0.3 is 30.7 Å². The van der Waals surface area contributed by atoms with Gasteiger partial charge in [-0.05, 0) is 42.5 Å². The fraction of sp³-hybridized carbons (Fsp3) is 0.379. The number of carbonyl (C=O) groups excluding carboxylic acids is 5. The number of fused-ring (bicyclic) bond motifs is 1. The molecule has 0 bridgehead atoms. The molecule has 0 spiro atoms. The lowest BCUT2D eigenvalue weighted by Gasteiger charge is -2.36. The van der Waals surface area contributed by atoms with Crippen LogP contribution in [-0.4, -0.2) is 64.2 Å². The Hall–Kier alpha value is -4.74. The standard InChI is InChI=1S/C29H34N4O8/c1-17(2)13-24(27(38)30-15-25(35)36)33-23(11-12-26(37)41-16-19-7-5-4-6-8-19)28(39)32-22-10-9-20(31-18(3)34)14-21(22)29(33)40/h4-10,14,17,23-24H,11-13,15-16H2,1-3H3,(H,30,38)(H,31,34)(H,32,39)(H,35,36)/t23-,24?/m0/s1. The molecule has 1 unspecified atom stereocenters. The number of benzene rings is 2. The maximum absolute atomic E-state index is 14.1. The van der Waals surface area contributed by atoms with E-state index < -0.39 is 48.3 Å². The van der Waals surface area contributed by atoms with Crippen molar-refractivity contribution in [3.63, 3.8) is 0 Å². The fourth-order valence-electron chi connectivity index (χ4n) is 4.50. The van der Waals surface area contributed by atoms with E-state index in [1.807, 2.05) is 32.0 Å². The number of ether oxygens (including phenoxy) is 1. The van der Waals surface area contributed by atoms with Crippen molar-refractivity contribution in [2.75, 3.05) is 17.2 Å². The van der Waals surface area contributed by atoms with Gasteiger partial charge in [0, 0.05) is 19.0 Å². The van der Waals surface area contributed by atoms with Gasteiger partial charge in [0.2, 0.25) is 17.7 Å². The van der Waals surface area contributed by atoms with Crippen LogP contribution < -0.4 is 16.0 Å². The van der Waals surface area contributed by atoms with Gasteiger partial charge in [0.1, 0.15) is 25.2 Å². The Kier molecular flexibility index (Phi) is 10.6. The van der Waals surface area contributed by atoms with Crippen molar-refractivity contribution >= 4 is 46.9 Å². The SMILES string of the molecule is CC(=O)Nc1ccc2c(c1)C(=O)N(C(CC(C)C)C(=O)NCC(=O)O)[C@@H](CCC(=O)OCc1ccccc1)C(=O)N2. The second-order valence-corrected chi connectivity index (χ2v) is 10.1. The average Bonchev–Trinajstić information content (AvgIpc) is 3.01. The average molecular weight is 567 g/mol. The van der Waals surface area contributed by atoms with Crippen LogP contribution in [0.3, 0.4) is 0 Å². The summed E-state index contributed by atoms with van der Waals surface area (Å²) in [5.41, 5.74) is 1.28. The van der Waals surface area contributed by atoms with Crippen LogP contribution in [0, 0.1) is 5.92 Å².